The third-order valence-electron chi connectivity index (χ3n) is 1.57. The third-order valence-corrected chi connectivity index (χ3v) is 1.57. The van der Waals surface area contributed by atoms with E-state index in [1.54, 1.807) is 0 Å². The summed E-state index contributed by atoms with van der Waals surface area (Å²) in [6.45, 7) is 7.13. The minimum absolute atomic E-state index is 0.274. The second-order valence-corrected chi connectivity index (χ2v) is 2.76. The van der Waals surface area contributed by atoms with Gasteiger partial charge in [0.2, 0.25) is 0 Å². The molecule has 0 aromatic heterocycles. The lowest BCUT2D eigenvalue weighted by atomic mass is 10.1. The van der Waals surface area contributed by atoms with E-state index < -0.39 is 0 Å². The van der Waals surface area contributed by atoms with Gasteiger partial charge in [-0.2, -0.15) is 0 Å². The van der Waals surface area contributed by atoms with Gasteiger partial charge >= 0.3 is 0 Å². The van der Waals surface area contributed by atoms with E-state index in [0.717, 1.165) is 11.1 Å². The Labute approximate surface area is 72.1 Å². The van der Waals surface area contributed by atoms with Crippen LogP contribution in [0, 0.1) is 13.8 Å². The molecule has 1 N–H and O–H groups in total. The maximum absolute atomic E-state index is 8.80. The van der Waals surface area contributed by atoms with Gasteiger partial charge in [-0.05, 0) is 37.6 Å². The molecule has 0 bridgehead atoms. The van der Waals surface area contributed by atoms with Crippen molar-refractivity contribution in [3.05, 3.63) is 41.9 Å². The number of ether oxygens (including phenoxy) is 1. The van der Waals surface area contributed by atoms with Crippen LogP contribution in [-0.4, -0.2) is 5.11 Å². The lowest BCUT2D eigenvalue weighted by molar-refractivity contribution is 0.210. The second kappa shape index (κ2) is 3.30. The Hall–Kier alpha value is -1.44. The summed E-state index contributed by atoms with van der Waals surface area (Å²) in [5.41, 5.74) is 2.08. The van der Waals surface area contributed by atoms with E-state index in [2.05, 4.69) is 6.58 Å². The molecule has 0 unspecified atom stereocenters. The third kappa shape index (κ3) is 2.02. The van der Waals surface area contributed by atoms with Crippen molar-refractivity contribution in [2.45, 2.75) is 13.8 Å². The molecule has 12 heavy (non-hydrogen) atoms. The lowest BCUT2D eigenvalue weighted by Gasteiger charge is -2.06. The highest BCUT2D eigenvalue weighted by molar-refractivity contribution is 5.36. The van der Waals surface area contributed by atoms with Gasteiger partial charge in [-0.3, -0.25) is 0 Å². The minimum Gasteiger partial charge on any atom is -0.481 e. The van der Waals surface area contributed by atoms with Gasteiger partial charge in [0.1, 0.15) is 5.75 Å². The number of aliphatic hydroxyl groups excluding tert-OH is 1. The highest BCUT2D eigenvalue weighted by atomic mass is 16.6. The molecule has 0 aliphatic heterocycles. The number of rotatable bonds is 2. The SMILES string of the molecule is C=C(O)Oc1cc(C)ccc1C. The van der Waals surface area contributed by atoms with Crippen molar-refractivity contribution in [2.24, 2.45) is 0 Å². The Balaban J connectivity index is 2.97. The predicted molar refractivity (Wildman–Crippen MR) is 48.3 cm³/mol. The predicted octanol–water partition coefficient (Wildman–Crippen LogP) is 2.71. The van der Waals surface area contributed by atoms with Crippen molar-refractivity contribution in [3.63, 3.8) is 0 Å². The molecule has 0 atom stereocenters. The maximum Gasteiger partial charge on any atom is 0.274 e. The molecule has 0 heterocycles. The quantitative estimate of drug-likeness (QED) is 0.681. The van der Waals surface area contributed by atoms with Crippen LogP contribution in [0.3, 0.4) is 0 Å². The van der Waals surface area contributed by atoms with Gasteiger partial charge in [-0.15, -0.1) is 0 Å². The molecular weight excluding hydrogens is 152 g/mol. The van der Waals surface area contributed by atoms with Gasteiger partial charge in [0.25, 0.3) is 5.95 Å². The normalized spacial score (nSPS) is 9.50. The molecule has 0 saturated carbocycles. The van der Waals surface area contributed by atoms with Crippen LogP contribution in [0.15, 0.2) is 30.7 Å². The van der Waals surface area contributed by atoms with Crippen LogP contribution in [0.25, 0.3) is 0 Å². The Morgan fingerprint density at radius 1 is 1.42 bits per heavy atom. The van der Waals surface area contributed by atoms with Gasteiger partial charge in [0.15, 0.2) is 0 Å². The van der Waals surface area contributed by atoms with Gasteiger partial charge in [0, 0.05) is 0 Å². The van der Waals surface area contributed by atoms with Gasteiger partial charge in [0.05, 0.1) is 0 Å². The van der Waals surface area contributed by atoms with Crippen molar-refractivity contribution in [1.82, 2.24) is 0 Å². The number of hydrogen-bond donors (Lipinski definition) is 1. The topological polar surface area (TPSA) is 29.5 Å². The summed E-state index contributed by atoms with van der Waals surface area (Å²) < 4.78 is 4.99. The molecule has 1 aromatic carbocycles. The zero-order chi connectivity index (χ0) is 9.14. The summed E-state index contributed by atoms with van der Waals surface area (Å²) >= 11 is 0. The summed E-state index contributed by atoms with van der Waals surface area (Å²) in [6, 6.07) is 5.78. The van der Waals surface area contributed by atoms with E-state index in [4.69, 9.17) is 9.84 Å². The van der Waals surface area contributed by atoms with Crippen LogP contribution in [0.5, 0.6) is 5.75 Å². The Morgan fingerprint density at radius 2 is 2.08 bits per heavy atom. The minimum atomic E-state index is -0.274. The number of hydrogen-bond acceptors (Lipinski definition) is 2. The molecule has 2 heteroatoms. The molecule has 0 radical (unpaired) electrons. The van der Waals surface area contributed by atoms with Crippen LogP contribution in [-0.2, 0) is 0 Å². The van der Waals surface area contributed by atoms with E-state index in [-0.39, 0.29) is 5.95 Å². The van der Waals surface area contributed by atoms with Crippen molar-refractivity contribution < 1.29 is 9.84 Å². The summed E-state index contributed by atoms with van der Waals surface area (Å²) in [7, 11) is 0. The Bertz CT molecular complexity index is 303. The summed E-state index contributed by atoms with van der Waals surface area (Å²) in [6.07, 6.45) is 0. The van der Waals surface area contributed by atoms with Gasteiger partial charge in [-0.25, -0.2) is 0 Å². The molecule has 1 aromatic rings. The van der Waals surface area contributed by atoms with Gasteiger partial charge in [-0.1, -0.05) is 12.1 Å². The molecule has 0 aliphatic rings. The van der Waals surface area contributed by atoms with E-state index in [1.165, 1.54) is 0 Å². The fraction of sp³-hybridized carbons (Fsp3) is 0.200. The van der Waals surface area contributed by atoms with E-state index in [0.29, 0.717) is 5.75 Å². The Kier molecular flexibility index (Phi) is 2.38. The summed E-state index contributed by atoms with van der Waals surface area (Å²) in [5, 5.41) is 8.80. The zero-order valence-corrected chi connectivity index (χ0v) is 7.29. The van der Waals surface area contributed by atoms with Crippen LogP contribution < -0.4 is 4.74 Å². The van der Waals surface area contributed by atoms with Crippen molar-refractivity contribution in [3.8, 4) is 5.75 Å². The zero-order valence-electron chi connectivity index (χ0n) is 7.29. The van der Waals surface area contributed by atoms with Crippen molar-refractivity contribution >= 4 is 0 Å². The highest BCUT2D eigenvalue weighted by Crippen LogP contribution is 2.20. The van der Waals surface area contributed by atoms with Crippen LogP contribution >= 0.6 is 0 Å². The number of aliphatic hydroxyl groups is 1. The fourth-order valence-corrected chi connectivity index (χ4v) is 0.944. The molecule has 0 aliphatic carbocycles. The standard InChI is InChI=1S/C10H12O2/c1-7-4-5-8(2)10(6-7)12-9(3)11/h4-6,11H,3H2,1-2H3. The average molecular weight is 164 g/mol. The molecule has 64 valence electrons. The summed E-state index contributed by atoms with van der Waals surface area (Å²) in [4.78, 5) is 0. The first-order valence-electron chi connectivity index (χ1n) is 3.72. The fourth-order valence-electron chi connectivity index (χ4n) is 0.944. The molecule has 0 fully saturated rings. The molecule has 2 nitrogen and oxygen atoms in total. The first kappa shape index (κ1) is 8.65. The van der Waals surface area contributed by atoms with Crippen LogP contribution in [0.1, 0.15) is 11.1 Å². The maximum atomic E-state index is 8.80. The molecule has 1 rings (SSSR count). The van der Waals surface area contributed by atoms with Gasteiger partial charge < -0.3 is 9.84 Å². The van der Waals surface area contributed by atoms with E-state index in [9.17, 15) is 0 Å². The lowest BCUT2D eigenvalue weighted by Crippen LogP contribution is -1.93. The molecule has 0 spiro atoms. The molecule has 0 saturated heterocycles. The number of benzene rings is 1. The smallest absolute Gasteiger partial charge is 0.274 e. The first-order valence-corrected chi connectivity index (χ1v) is 3.72. The average Bonchev–Trinajstić information content (AvgIpc) is 1.96. The Morgan fingerprint density at radius 3 is 2.67 bits per heavy atom. The van der Waals surface area contributed by atoms with Crippen LogP contribution in [0.2, 0.25) is 0 Å². The molecular formula is C10H12O2. The summed E-state index contributed by atoms with van der Waals surface area (Å²) in [5.74, 6) is 0.381. The van der Waals surface area contributed by atoms with Crippen molar-refractivity contribution in [2.75, 3.05) is 0 Å². The largest absolute Gasteiger partial charge is 0.481 e. The van der Waals surface area contributed by atoms with Crippen molar-refractivity contribution in [1.29, 1.82) is 0 Å². The van der Waals surface area contributed by atoms with Crippen LogP contribution in [0.4, 0.5) is 0 Å². The second-order valence-electron chi connectivity index (χ2n) is 2.76. The molecule has 0 amide bonds. The number of aryl methyl sites for hydroxylation is 2. The highest BCUT2D eigenvalue weighted by Gasteiger charge is 2.00. The first-order chi connectivity index (χ1) is 5.59. The van der Waals surface area contributed by atoms with E-state index in [1.807, 2.05) is 32.0 Å². The monoisotopic (exact) mass is 164 g/mol. The van der Waals surface area contributed by atoms with E-state index >= 15 is 0 Å².